The minimum absolute atomic E-state index is 0.0129. The van der Waals surface area contributed by atoms with Crippen LogP contribution in [0.15, 0.2) is 11.1 Å². The lowest BCUT2D eigenvalue weighted by molar-refractivity contribution is -0.160. The molecule has 4 unspecified atom stereocenters. The molecule has 0 aliphatic heterocycles. The maximum Gasteiger partial charge on any atom is 0.309 e. The lowest BCUT2D eigenvalue weighted by atomic mass is 9.45. The predicted octanol–water partition coefficient (Wildman–Crippen LogP) is 2.34. The van der Waals surface area contributed by atoms with Gasteiger partial charge in [0.1, 0.15) is 0 Å². The van der Waals surface area contributed by atoms with Gasteiger partial charge in [0.05, 0.1) is 24.2 Å². The van der Waals surface area contributed by atoms with E-state index in [1.165, 1.54) is 11.1 Å². The smallest absolute Gasteiger partial charge is 0.309 e. The van der Waals surface area contributed by atoms with E-state index >= 15 is 0 Å². The molecule has 4 aliphatic carbocycles. The van der Waals surface area contributed by atoms with E-state index < -0.39 is 24.1 Å². The van der Waals surface area contributed by atoms with Crippen molar-refractivity contribution in [2.75, 3.05) is 0 Å². The number of aliphatic hydroxyl groups excluding tert-OH is 3. The van der Waals surface area contributed by atoms with Crippen LogP contribution < -0.4 is 0 Å². The highest BCUT2D eigenvalue weighted by Gasteiger charge is 2.63. The Morgan fingerprint density at radius 3 is 2.38 bits per heavy atom. The van der Waals surface area contributed by atoms with Gasteiger partial charge < -0.3 is 20.4 Å². The molecule has 0 aromatic rings. The summed E-state index contributed by atoms with van der Waals surface area (Å²) in [6.45, 7) is 6.35. The largest absolute Gasteiger partial charge is 0.481 e. The Balaban J connectivity index is 1.78. The van der Waals surface area contributed by atoms with Gasteiger partial charge >= 0.3 is 5.97 Å². The molecular weight excluding hydrogens is 332 g/mol. The Kier molecular flexibility index (Phi) is 4.11. The molecule has 0 aromatic heterocycles. The van der Waals surface area contributed by atoms with E-state index in [4.69, 9.17) is 0 Å². The zero-order valence-electron chi connectivity index (χ0n) is 16.0. The van der Waals surface area contributed by atoms with Gasteiger partial charge in [-0.25, -0.2) is 0 Å². The fourth-order valence-corrected chi connectivity index (χ4v) is 7.54. The molecule has 0 bridgehead atoms. The molecule has 3 saturated carbocycles. The Morgan fingerprint density at radius 2 is 1.73 bits per heavy atom. The number of fused-ring (bicyclic) bond motifs is 5. The zero-order valence-corrected chi connectivity index (χ0v) is 16.0. The van der Waals surface area contributed by atoms with Gasteiger partial charge in [-0.15, -0.1) is 0 Å². The summed E-state index contributed by atoms with van der Waals surface area (Å²) in [6.07, 6.45) is 2.30. The average molecular weight is 364 g/mol. The number of carboxylic acids is 1. The number of aliphatic carboxylic acids is 1. The van der Waals surface area contributed by atoms with E-state index in [-0.39, 0.29) is 28.8 Å². The summed E-state index contributed by atoms with van der Waals surface area (Å²) in [5.74, 6) is -1.05. The first-order valence-electron chi connectivity index (χ1n) is 10.1. The van der Waals surface area contributed by atoms with Gasteiger partial charge in [0, 0.05) is 0 Å². The van der Waals surface area contributed by atoms with E-state index in [1.54, 1.807) is 0 Å². The van der Waals surface area contributed by atoms with Crippen LogP contribution >= 0.6 is 0 Å². The van der Waals surface area contributed by atoms with Gasteiger partial charge in [-0.1, -0.05) is 25.0 Å². The Hall–Kier alpha value is -0.910. The number of aliphatic hydroxyl groups is 3. The standard InChI is InChI=1S/C21H32O5/c1-10-6-11-13-4-5-17(24)20(13,2)9-16(23)18(11)21(3)8-12(19(25)26)15(22)7-14(10)21/h11-13,15-18,22-24H,4-9H2,1-3H3,(H,25,26)/t11-,12?,13-,15?,16?,17?,18-,20-,21-/m0/s1. The molecule has 9 atom stereocenters. The fourth-order valence-electron chi connectivity index (χ4n) is 7.54. The van der Waals surface area contributed by atoms with Gasteiger partial charge in [-0.2, -0.15) is 0 Å². The fraction of sp³-hybridized carbons (Fsp3) is 0.857. The Labute approximate surface area is 155 Å². The third-order valence-corrected chi connectivity index (χ3v) is 8.72. The van der Waals surface area contributed by atoms with E-state index in [1.807, 2.05) is 0 Å². The molecule has 0 aromatic carbocycles. The number of allylic oxidation sites excluding steroid dienone is 1. The van der Waals surface area contributed by atoms with Gasteiger partial charge in [-0.3, -0.25) is 4.79 Å². The van der Waals surface area contributed by atoms with E-state index in [0.29, 0.717) is 25.2 Å². The summed E-state index contributed by atoms with van der Waals surface area (Å²) in [6, 6.07) is 0. The van der Waals surface area contributed by atoms with Crippen molar-refractivity contribution < 1.29 is 25.2 Å². The molecule has 0 saturated heterocycles. The summed E-state index contributed by atoms with van der Waals surface area (Å²) in [5, 5.41) is 41.7. The summed E-state index contributed by atoms with van der Waals surface area (Å²) in [7, 11) is 0. The van der Waals surface area contributed by atoms with Crippen molar-refractivity contribution in [3.8, 4) is 0 Å². The van der Waals surface area contributed by atoms with Crippen molar-refractivity contribution in [2.45, 2.75) is 77.6 Å². The molecule has 146 valence electrons. The topological polar surface area (TPSA) is 98.0 Å². The van der Waals surface area contributed by atoms with E-state index in [9.17, 15) is 25.2 Å². The third kappa shape index (κ3) is 2.29. The molecule has 4 aliphatic rings. The SMILES string of the molecule is CC1=C2CC(O)C(C(=O)O)C[C@]2(C)[C@@H]2C(O)C[C@]3(C)C(O)CC[C@H]3[C@@H]2C1. The Bertz CT molecular complexity index is 657. The van der Waals surface area contributed by atoms with E-state index in [0.717, 1.165) is 19.3 Å². The predicted molar refractivity (Wildman–Crippen MR) is 96.2 cm³/mol. The number of hydrogen-bond acceptors (Lipinski definition) is 4. The van der Waals surface area contributed by atoms with Crippen molar-refractivity contribution in [1.82, 2.24) is 0 Å². The first-order chi connectivity index (χ1) is 12.1. The zero-order chi connectivity index (χ0) is 19.0. The number of carbonyl (C=O) groups is 1. The quantitative estimate of drug-likeness (QED) is 0.536. The van der Waals surface area contributed by atoms with Crippen LogP contribution in [0.3, 0.4) is 0 Å². The van der Waals surface area contributed by atoms with Crippen LogP contribution in [0.4, 0.5) is 0 Å². The monoisotopic (exact) mass is 364 g/mol. The Morgan fingerprint density at radius 1 is 1.04 bits per heavy atom. The summed E-state index contributed by atoms with van der Waals surface area (Å²) in [4.78, 5) is 11.7. The first-order valence-corrected chi connectivity index (χ1v) is 10.1. The lowest BCUT2D eigenvalue weighted by Crippen LogP contribution is -2.58. The maximum atomic E-state index is 11.7. The van der Waals surface area contributed by atoms with Crippen LogP contribution in [0.5, 0.6) is 0 Å². The second-order valence-electron chi connectivity index (χ2n) is 9.97. The lowest BCUT2D eigenvalue weighted by Gasteiger charge is -2.60. The van der Waals surface area contributed by atoms with Gasteiger partial charge in [0.25, 0.3) is 0 Å². The van der Waals surface area contributed by atoms with Gasteiger partial charge in [0.2, 0.25) is 0 Å². The molecule has 5 heteroatoms. The molecular formula is C21H32O5. The van der Waals surface area contributed by atoms with Crippen LogP contribution in [-0.4, -0.2) is 44.7 Å². The summed E-state index contributed by atoms with van der Waals surface area (Å²) in [5.41, 5.74) is 1.80. The average Bonchev–Trinajstić information content (AvgIpc) is 2.83. The van der Waals surface area contributed by atoms with Crippen LogP contribution in [0.25, 0.3) is 0 Å². The molecule has 5 nitrogen and oxygen atoms in total. The minimum atomic E-state index is -0.941. The normalized spacial score (nSPS) is 53.7. The second kappa shape index (κ2) is 5.79. The maximum absolute atomic E-state index is 11.7. The number of rotatable bonds is 1. The number of hydrogen-bond donors (Lipinski definition) is 4. The first kappa shape index (κ1) is 18.5. The molecule has 4 rings (SSSR count). The number of carboxylic acid groups (broad SMARTS) is 1. The van der Waals surface area contributed by atoms with E-state index in [2.05, 4.69) is 20.8 Å². The van der Waals surface area contributed by atoms with Crippen LogP contribution in [-0.2, 0) is 4.79 Å². The minimum Gasteiger partial charge on any atom is -0.481 e. The summed E-state index contributed by atoms with van der Waals surface area (Å²) >= 11 is 0. The molecule has 0 amide bonds. The molecule has 0 heterocycles. The third-order valence-electron chi connectivity index (χ3n) is 8.72. The molecule has 3 fully saturated rings. The highest BCUT2D eigenvalue weighted by atomic mass is 16.4. The van der Waals surface area contributed by atoms with Crippen molar-refractivity contribution in [3.05, 3.63) is 11.1 Å². The van der Waals surface area contributed by atoms with Crippen molar-refractivity contribution in [2.24, 2.45) is 34.5 Å². The van der Waals surface area contributed by atoms with Crippen molar-refractivity contribution in [1.29, 1.82) is 0 Å². The highest BCUT2D eigenvalue weighted by molar-refractivity contribution is 5.71. The van der Waals surface area contributed by atoms with Crippen LogP contribution in [0.1, 0.15) is 59.3 Å². The molecule has 4 N–H and O–H groups in total. The van der Waals surface area contributed by atoms with Crippen LogP contribution in [0.2, 0.25) is 0 Å². The van der Waals surface area contributed by atoms with Gasteiger partial charge in [0.15, 0.2) is 0 Å². The summed E-state index contributed by atoms with van der Waals surface area (Å²) < 4.78 is 0. The molecule has 0 radical (unpaired) electrons. The highest BCUT2D eigenvalue weighted by Crippen LogP contribution is 2.66. The van der Waals surface area contributed by atoms with Crippen LogP contribution in [0, 0.1) is 34.5 Å². The van der Waals surface area contributed by atoms with Crippen molar-refractivity contribution in [3.63, 3.8) is 0 Å². The molecule has 0 spiro atoms. The van der Waals surface area contributed by atoms with Gasteiger partial charge in [-0.05, 0) is 74.0 Å². The second-order valence-corrected chi connectivity index (χ2v) is 9.97. The molecule has 26 heavy (non-hydrogen) atoms. The van der Waals surface area contributed by atoms with Crippen molar-refractivity contribution >= 4 is 5.97 Å².